The highest BCUT2D eigenvalue weighted by atomic mass is 16.3. The van der Waals surface area contributed by atoms with Crippen molar-refractivity contribution in [3.63, 3.8) is 0 Å². The van der Waals surface area contributed by atoms with Crippen molar-refractivity contribution in [3.8, 4) is 5.75 Å². The molecule has 0 saturated carbocycles. The van der Waals surface area contributed by atoms with E-state index in [2.05, 4.69) is 18.2 Å². The van der Waals surface area contributed by atoms with Gasteiger partial charge < -0.3 is 10.0 Å². The van der Waals surface area contributed by atoms with Gasteiger partial charge in [0, 0.05) is 24.9 Å². The van der Waals surface area contributed by atoms with E-state index in [1.165, 1.54) is 11.1 Å². The van der Waals surface area contributed by atoms with Crippen molar-refractivity contribution in [1.82, 2.24) is 4.90 Å². The lowest BCUT2D eigenvalue weighted by atomic mass is 9.85. The van der Waals surface area contributed by atoms with Gasteiger partial charge in [0.05, 0.1) is 0 Å². The van der Waals surface area contributed by atoms with Gasteiger partial charge in [-0.1, -0.05) is 36.4 Å². The molecule has 1 N–H and O–H groups in total. The van der Waals surface area contributed by atoms with Gasteiger partial charge in [0.2, 0.25) is 5.91 Å². The fourth-order valence-corrected chi connectivity index (χ4v) is 3.72. The molecule has 21 heavy (non-hydrogen) atoms. The highest BCUT2D eigenvalue weighted by Gasteiger charge is 2.42. The molecule has 1 saturated heterocycles. The second-order valence-electron chi connectivity index (χ2n) is 5.97. The molecule has 2 aliphatic rings. The Morgan fingerprint density at radius 2 is 1.81 bits per heavy atom. The number of hydrogen-bond donors (Lipinski definition) is 1. The van der Waals surface area contributed by atoms with E-state index in [0.29, 0.717) is 6.42 Å². The van der Waals surface area contributed by atoms with Crippen LogP contribution in [0.1, 0.15) is 29.0 Å². The van der Waals surface area contributed by atoms with Crippen LogP contribution in [0.5, 0.6) is 5.75 Å². The van der Waals surface area contributed by atoms with E-state index in [9.17, 15) is 9.90 Å². The molecule has 0 aliphatic carbocycles. The van der Waals surface area contributed by atoms with Crippen molar-refractivity contribution in [1.29, 1.82) is 0 Å². The van der Waals surface area contributed by atoms with E-state index in [0.717, 1.165) is 18.5 Å². The molecule has 1 amide bonds. The number of hydrogen-bond acceptors (Lipinski definition) is 2. The van der Waals surface area contributed by atoms with Gasteiger partial charge in [0.15, 0.2) is 0 Å². The number of benzene rings is 2. The number of fused-ring (bicyclic) bond motifs is 2. The summed E-state index contributed by atoms with van der Waals surface area (Å²) < 4.78 is 0. The van der Waals surface area contributed by atoms with Crippen molar-refractivity contribution in [2.45, 2.75) is 31.3 Å². The number of phenols is 1. The highest BCUT2D eigenvalue weighted by molar-refractivity contribution is 5.81. The lowest BCUT2D eigenvalue weighted by Gasteiger charge is -2.34. The molecule has 0 bridgehead atoms. The van der Waals surface area contributed by atoms with Gasteiger partial charge in [-0.3, -0.25) is 4.79 Å². The summed E-state index contributed by atoms with van der Waals surface area (Å²) >= 11 is 0. The largest absolute Gasteiger partial charge is 0.508 e. The molecule has 2 aliphatic heterocycles. The van der Waals surface area contributed by atoms with Crippen molar-refractivity contribution in [3.05, 3.63) is 65.2 Å². The van der Waals surface area contributed by atoms with Gasteiger partial charge in [0.1, 0.15) is 5.75 Å². The van der Waals surface area contributed by atoms with Crippen LogP contribution in [0.15, 0.2) is 48.5 Å². The minimum absolute atomic E-state index is 0.179. The Bertz CT molecular complexity index is 710. The average Bonchev–Trinajstić information content (AvgIpc) is 2.82. The molecule has 2 atom stereocenters. The molecule has 1 fully saturated rings. The van der Waals surface area contributed by atoms with Gasteiger partial charge in [-0.2, -0.15) is 0 Å². The van der Waals surface area contributed by atoms with Crippen LogP contribution < -0.4 is 0 Å². The average molecular weight is 279 g/mol. The van der Waals surface area contributed by atoms with Crippen LogP contribution in [0.25, 0.3) is 0 Å². The summed E-state index contributed by atoms with van der Waals surface area (Å²) in [5.41, 5.74) is 3.67. The molecule has 0 radical (unpaired) electrons. The minimum atomic E-state index is 0.179. The van der Waals surface area contributed by atoms with Gasteiger partial charge >= 0.3 is 0 Å². The maximum atomic E-state index is 12.4. The third-order valence-electron chi connectivity index (χ3n) is 4.77. The van der Waals surface area contributed by atoms with E-state index < -0.39 is 0 Å². The first kappa shape index (κ1) is 12.5. The summed E-state index contributed by atoms with van der Waals surface area (Å²) in [7, 11) is 0. The van der Waals surface area contributed by atoms with E-state index in [4.69, 9.17) is 0 Å². The van der Waals surface area contributed by atoms with E-state index in [1.54, 1.807) is 12.1 Å². The van der Waals surface area contributed by atoms with Crippen molar-refractivity contribution >= 4 is 5.91 Å². The first-order chi connectivity index (χ1) is 10.2. The summed E-state index contributed by atoms with van der Waals surface area (Å²) in [6.45, 7) is 0.717. The lowest BCUT2D eigenvalue weighted by molar-refractivity contribution is -0.129. The number of phenolic OH excluding ortho intramolecular Hbond substituents is 1. The SMILES string of the molecule is O=C1CC(c2cccc(O)c2)C2Cc3ccccc3CN12. The van der Waals surface area contributed by atoms with Crippen LogP contribution in [0.4, 0.5) is 0 Å². The number of nitrogens with zero attached hydrogens (tertiary/aromatic N) is 1. The van der Waals surface area contributed by atoms with E-state index in [-0.39, 0.29) is 23.6 Å². The van der Waals surface area contributed by atoms with E-state index >= 15 is 0 Å². The lowest BCUT2D eigenvalue weighted by Crippen LogP contribution is -2.39. The normalized spacial score (nSPS) is 23.8. The topological polar surface area (TPSA) is 40.5 Å². The number of rotatable bonds is 1. The van der Waals surface area contributed by atoms with Gasteiger partial charge in [-0.25, -0.2) is 0 Å². The number of aromatic hydroxyl groups is 1. The Morgan fingerprint density at radius 1 is 1.00 bits per heavy atom. The number of carbonyl (C=O) groups excluding carboxylic acids is 1. The van der Waals surface area contributed by atoms with Gasteiger partial charge in [-0.15, -0.1) is 0 Å². The Kier molecular flexibility index (Phi) is 2.74. The van der Waals surface area contributed by atoms with Crippen molar-refractivity contribution in [2.75, 3.05) is 0 Å². The molecule has 0 spiro atoms. The highest BCUT2D eigenvalue weighted by Crippen LogP contribution is 2.40. The molecule has 3 nitrogen and oxygen atoms in total. The van der Waals surface area contributed by atoms with Crippen LogP contribution in [-0.2, 0) is 17.8 Å². The molecule has 2 aromatic carbocycles. The Labute approximate surface area is 123 Å². The summed E-state index contributed by atoms with van der Waals surface area (Å²) in [6, 6.07) is 15.9. The van der Waals surface area contributed by atoms with Crippen LogP contribution in [0.2, 0.25) is 0 Å². The molecular formula is C18H17NO2. The molecule has 2 aromatic rings. The maximum absolute atomic E-state index is 12.4. The minimum Gasteiger partial charge on any atom is -0.508 e. The van der Waals surface area contributed by atoms with E-state index in [1.807, 2.05) is 23.1 Å². The molecule has 0 aromatic heterocycles. The fourth-order valence-electron chi connectivity index (χ4n) is 3.72. The molecule has 3 heteroatoms. The predicted octanol–water partition coefficient (Wildman–Crippen LogP) is 2.83. The predicted molar refractivity (Wildman–Crippen MR) is 79.9 cm³/mol. The smallest absolute Gasteiger partial charge is 0.223 e. The van der Waals surface area contributed by atoms with Crippen LogP contribution in [0, 0.1) is 0 Å². The van der Waals surface area contributed by atoms with Crippen molar-refractivity contribution in [2.24, 2.45) is 0 Å². The second-order valence-corrected chi connectivity index (χ2v) is 5.97. The van der Waals surface area contributed by atoms with Gasteiger partial charge in [-0.05, 0) is 35.2 Å². The monoisotopic (exact) mass is 279 g/mol. The first-order valence-electron chi connectivity index (χ1n) is 7.37. The number of amides is 1. The third-order valence-corrected chi connectivity index (χ3v) is 4.77. The fraction of sp³-hybridized carbons (Fsp3) is 0.278. The summed E-state index contributed by atoms with van der Waals surface area (Å²) in [5.74, 6) is 0.676. The standard InChI is InChI=1S/C18H17NO2/c20-15-7-3-6-13(8-15)16-10-18(21)19-11-14-5-2-1-4-12(14)9-17(16)19/h1-8,16-17,20H,9-11H2. The first-order valence-corrected chi connectivity index (χ1v) is 7.37. The summed E-state index contributed by atoms with van der Waals surface area (Å²) in [4.78, 5) is 14.4. The second kappa shape index (κ2) is 4.62. The third kappa shape index (κ3) is 2.00. The molecule has 4 rings (SSSR count). The van der Waals surface area contributed by atoms with Crippen LogP contribution >= 0.6 is 0 Å². The van der Waals surface area contributed by atoms with Crippen LogP contribution in [0.3, 0.4) is 0 Å². The Balaban J connectivity index is 1.72. The summed E-state index contributed by atoms with van der Waals surface area (Å²) in [6.07, 6.45) is 1.45. The quantitative estimate of drug-likeness (QED) is 0.872. The zero-order valence-corrected chi connectivity index (χ0v) is 11.7. The molecule has 106 valence electrons. The Hall–Kier alpha value is -2.29. The van der Waals surface area contributed by atoms with Crippen LogP contribution in [-0.4, -0.2) is 22.0 Å². The molecular weight excluding hydrogens is 262 g/mol. The Morgan fingerprint density at radius 3 is 2.62 bits per heavy atom. The summed E-state index contributed by atoms with van der Waals surface area (Å²) in [5, 5.41) is 9.69. The van der Waals surface area contributed by atoms with Crippen molar-refractivity contribution < 1.29 is 9.90 Å². The van der Waals surface area contributed by atoms with Gasteiger partial charge in [0.25, 0.3) is 0 Å². The number of carbonyl (C=O) groups is 1. The maximum Gasteiger partial charge on any atom is 0.223 e. The zero-order chi connectivity index (χ0) is 14.4. The molecule has 2 heterocycles. The molecule has 2 unspecified atom stereocenters. The zero-order valence-electron chi connectivity index (χ0n) is 11.7.